The molecule has 0 spiro atoms. The normalized spacial score (nSPS) is 17.4. The second-order valence-electron chi connectivity index (χ2n) is 12.7. The molecule has 1 aromatic heterocycles. The predicted molar refractivity (Wildman–Crippen MR) is 188 cm³/mol. The van der Waals surface area contributed by atoms with Crippen molar-refractivity contribution < 1.29 is 19.4 Å². The predicted octanol–water partition coefficient (Wildman–Crippen LogP) is 12.2. The fourth-order valence-corrected chi connectivity index (χ4v) is 34.0. The second kappa shape index (κ2) is 11.0. The van der Waals surface area contributed by atoms with E-state index in [0.29, 0.717) is 0 Å². The molecule has 0 amide bonds. The third-order valence-electron chi connectivity index (χ3n) is 9.89. The van der Waals surface area contributed by atoms with Gasteiger partial charge in [-0.1, -0.05) is 0 Å². The van der Waals surface area contributed by atoms with E-state index in [1.165, 1.54) is 55.6 Å². The van der Waals surface area contributed by atoms with Crippen LogP contribution in [0.15, 0.2) is 108 Å². The van der Waals surface area contributed by atoms with Crippen LogP contribution < -0.4 is 0 Å². The SMILES string of the molecule is Cc1ccc(C2=Cc3c(ccc(C)c3-c3ccccc3)[CH]2[Zr]([Cl])([Cl])([CH]2C=Cc3c2ccc(C)c3-c2ccccc2)=[Si](C)C)o1. The second-order valence-corrected chi connectivity index (χ2v) is 51.6. The molecule has 2 unspecified atom stereocenters. The van der Waals surface area contributed by atoms with Crippen LogP contribution in [0.25, 0.3) is 40.0 Å². The summed E-state index contributed by atoms with van der Waals surface area (Å²) in [4.78, 5) is 0. The quantitative estimate of drug-likeness (QED) is 0.166. The number of fused-ring (bicyclic) bond motifs is 2. The fourth-order valence-electron chi connectivity index (χ4n) is 7.64. The Bertz CT molecular complexity index is 2080. The first-order chi connectivity index (χ1) is 21.1. The van der Waals surface area contributed by atoms with Crippen molar-refractivity contribution in [3.63, 3.8) is 0 Å². The van der Waals surface area contributed by atoms with Gasteiger partial charge in [-0.25, -0.2) is 0 Å². The van der Waals surface area contributed by atoms with Crippen molar-refractivity contribution in [2.24, 2.45) is 0 Å². The van der Waals surface area contributed by atoms with Gasteiger partial charge in [0.15, 0.2) is 0 Å². The van der Waals surface area contributed by atoms with E-state index >= 15 is 0 Å². The number of allylic oxidation sites excluding steroid dienone is 2. The third kappa shape index (κ3) is 4.50. The summed E-state index contributed by atoms with van der Waals surface area (Å²) >= 11 is -4.94. The van der Waals surface area contributed by atoms with Gasteiger partial charge in [-0.05, 0) is 0 Å². The summed E-state index contributed by atoms with van der Waals surface area (Å²) in [6.07, 6.45) is 7.01. The van der Waals surface area contributed by atoms with Crippen LogP contribution in [-0.2, 0) is 15.0 Å². The standard InChI is InChI=1S/C21H17O.C16H13.C2H6Si.2ClH.Zr/c1-14-8-10-17-12-18(20-11-9-15(2)22-20)13-19(17)21(14)16-6-4-3-5-7-16;1-12-10-11-13-8-5-9-15(13)16(12)14-6-3-2-4-7-14;1-3-2;;;/h3-13H,1-2H3;2-11H,1H3;1-2H3;2*1H;/q;;;;;+2/p-2. The molecule has 0 N–H and O–H groups in total. The van der Waals surface area contributed by atoms with Gasteiger partial charge in [-0.2, -0.15) is 0 Å². The van der Waals surface area contributed by atoms with Crippen molar-refractivity contribution in [1.82, 2.24) is 0 Å². The Morgan fingerprint density at radius 1 is 0.659 bits per heavy atom. The van der Waals surface area contributed by atoms with E-state index in [9.17, 15) is 0 Å². The molecule has 0 radical (unpaired) electrons. The molecule has 4 aromatic carbocycles. The maximum atomic E-state index is 8.51. The zero-order valence-electron chi connectivity index (χ0n) is 25.8. The van der Waals surface area contributed by atoms with Crippen LogP contribution >= 0.6 is 17.0 Å². The van der Waals surface area contributed by atoms with E-state index in [4.69, 9.17) is 21.4 Å². The summed E-state index contributed by atoms with van der Waals surface area (Å²) in [6, 6.07) is 34.7. The molecule has 5 aromatic rings. The summed E-state index contributed by atoms with van der Waals surface area (Å²) in [6.45, 7) is 11.1. The summed E-state index contributed by atoms with van der Waals surface area (Å²) < 4.78 is 6.27. The Kier molecular flexibility index (Phi) is 7.49. The van der Waals surface area contributed by atoms with Gasteiger partial charge in [-0.15, -0.1) is 0 Å². The average Bonchev–Trinajstić information content (AvgIpc) is 3.75. The van der Waals surface area contributed by atoms with E-state index in [2.05, 4.69) is 142 Å². The third-order valence-corrected chi connectivity index (χ3v) is 56.4. The van der Waals surface area contributed by atoms with Crippen LogP contribution in [0, 0.1) is 20.8 Å². The van der Waals surface area contributed by atoms with Crippen LogP contribution in [0.1, 0.15) is 52.2 Å². The number of hydrogen-bond donors (Lipinski definition) is 0. The van der Waals surface area contributed by atoms with Crippen LogP contribution in [0.2, 0.25) is 13.1 Å². The molecule has 2 aliphatic rings. The van der Waals surface area contributed by atoms with E-state index in [1.54, 1.807) is 0 Å². The molecule has 220 valence electrons. The van der Waals surface area contributed by atoms with Gasteiger partial charge >= 0.3 is 271 Å². The first-order valence-corrected chi connectivity index (χ1v) is 30.7. The van der Waals surface area contributed by atoms with E-state index in [0.717, 1.165) is 17.1 Å². The molecule has 2 aliphatic carbocycles. The molecule has 5 heteroatoms. The van der Waals surface area contributed by atoms with Crippen LogP contribution in [0.5, 0.6) is 0 Å². The number of furan rings is 1. The summed E-state index contributed by atoms with van der Waals surface area (Å²) in [5, 5.41) is 0. The van der Waals surface area contributed by atoms with E-state index in [-0.39, 0.29) is 7.25 Å². The number of hydrogen-bond acceptors (Lipinski definition) is 1. The molecular weight excluding hydrogens is 675 g/mol. The van der Waals surface area contributed by atoms with Gasteiger partial charge in [0.05, 0.1) is 0 Å². The number of benzene rings is 4. The molecule has 7 rings (SSSR count). The van der Waals surface area contributed by atoms with Crippen LogP contribution in [0.3, 0.4) is 0 Å². The van der Waals surface area contributed by atoms with Gasteiger partial charge in [-0.3, -0.25) is 0 Å². The Balaban J connectivity index is 1.51. The zero-order valence-corrected chi connectivity index (χ0v) is 30.8. The molecule has 2 atom stereocenters. The van der Waals surface area contributed by atoms with Gasteiger partial charge in [0, 0.05) is 0 Å². The number of halogens is 2. The van der Waals surface area contributed by atoms with Crippen molar-refractivity contribution in [2.75, 3.05) is 0 Å². The Morgan fingerprint density at radius 3 is 1.77 bits per heavy atom. The summed E-state index contributed by atoms with van der Waals surface area (Å²) in [7, 11) is 17.0. The molecule has 1 nitrogen and oxygen atoms in total. The molecule has 0 bridgehead atoms. The molecule has 0 saturated carbocycles. The zero-order chi connectivity index (χ0) is 30.8. The topological polar surface area (TPSA) is 13.1 Å². The monoisotopic (exact) mass is 708 g/mol. The first kappa shape index (κ1) is 30.0. The first-order valence-electron chi connectivity index (χ1n) is 15.3. The minimum atomic E-state index is -4.94. The molecule has 1 heterocycles. The Morgan fingerprint density at radius 2 is 1.23 bits per heavy atom. The minimum absolute atomic E-state index is 0.0152. The van der Waals surface area contributed by atoms with Gasteiger partial charge in [0.25, 0.3) is 0 Å². The maximum absolute atomic E-state index is 8.51. The van der Waals surface area contributed by atoms with Crippen molar-refractivity contribution >= 4 is 40.2 Å². The van der Waals surface area contributed by atoms with Gasteiger partial charge in [0.1, 0.15) is 0 Å². The fraction of sp³-hybridized carbons (Fsp3) is 0.179. The van der Waals surface area contributed by atoms with E-state index < -0.39 is 20.4 Å². The molecule has 0 fully saturated rings. The summed E-state index contributed by atoms with van der Waals surface area (Å²) in [5.41, 5.74) is 12.4. The molecule has 0 saturated heterocycles. The number of aryl methyl sites for hydroxylation is 3. The molecule has 44 heavy (non-hydrogen) atoms. The Hall–Kier alpha value is -2.68. The molecule has 0 aliphatic heterocycles. The van der Waals surface area contributed by atoms with Gasteiger partial charge in [0.2, 0.25) is 0 Å². The van der Waals surface area contributed by atoms with Crippen molar-refractivity contribution in [3.05, 3.63) is 148 Å². The van der Waals surface area contributed by atoms with Crippen molar-refractivity contribution in [1.29, 1.82) is 0 Å². The van der Waals surface area contributed by atoms with Crippen molar-refractivity contribution in [2.45, 2.75) is 41.1 Å². The summed E-state index contributed by atoms with van der Waals surface area (Å²) in [5.74, 6) is 1.77. The van der Waals surface area contributed by atoms with E-state index in [1.807, 2.05) is 6.92 Å². The molecular formula is C39H36Cl2OSiZr. The number of rotatable bonds is 5. The van der Waals surface area contributed by atoms with Crippen LogP contribution in [-0.4, -0.2) is 5.43 Å². The van der Waals surface area contributed by atoms with Gasteiger partial charge < -0.3 is 0 Å². The average molecular weight is 711 g/mol. The van der Waals surface area contributed by atoms with Crippen LogP contribution in [0.4, 0.5) is 0 Å². The Labute approximate surface area is 269 Å². The van der Waals surface area contributed by atoms with Crippen molar-refractivity contribution in [3.8, 4) is 22.3 Å².